The number of nitrogens with zero attached hydrogens (tertiary/aromatic N) is 1. The highest BCUT2D eigenvalue weighted by molar-refractivity contribution is 5.78. The summed E-state index contributed by atoms with van der Waals surface area (Å²) in [5.41, 5.74) is 0. The number of hydrogen-bond acceptors (Lipinski definition) is 3. The molecule has 1 unspecified atom stereocenters. The summed E-state index contributed by atoms with van der Waals surface area (Å²) in [5, 5.41) is 3.35. The zero-order valence-corrected chi connectivity index (χ0v) is 11.4. The van der Waals surface area contributed by atoms with Crippen molar-refractivity contribution in [3.05, 3.63) is 0 Å². The first kappa shape index (κ1) is 15.6. The van der Waals surface area contributed by atoms with Gasteiger partial charge < -0.3 is 15.0 Å². The van der Waals surface area contributed by atoms with Crippen LogP contribution in [-0.4, -0.2) is 55.4 Å². The number of ether oxygens (including phenoxy) is 1. The SMILES string of the molecule is O=C(COCC(F)(F)F)N(CC1CCCCN1)C1CC1. The molecule has 1 saturated heterocycles. The van der Waals surface area contributed by atoms with E-state index in [0.717, 1.165) is 38.6 Å². The number of piperidine rings is 1. The van der Waals surface area contributed by atoms with Crippen LogP contribution in [0.2, 0.25) is 0 Å². The Kier molecular flexibility index (Phi) is 5.26. The van der Waals surface area contributed by atoms with E-state index >= 15 is 0 Å². The van der Waals surface area contributed by atoms with Crippen molar-refractivity contribution < 1.29 is 22.7 Å². The molecule has 1 atom stereocenters. The molecule has 0 aromatic heterocycles. The zero-order valence-electron chi connectivity index (χ0n) is 11.4. The van der Waals surface area contributed by atoms with E-state index in [0.29, 0.717) is 6.54 Å². The van der Waals surface area contributed by atoms with Crippen molar-refractivity contribution >= 4 is 5.91 Å². The van der Waals surface area contributed by atoms with Gasteiger partial charge in [-0.2, -0.15) is 13.2 Å². The number of rotatable bonds is 6. The van der Waals surface area contributed by atoms with E-state index in [1.807, 2.05) is 0 Å². The van der Waals surface area contributed by atoms with Crippen molar-refractivity contribution in [2.24, 2.45) is 0 Å². The monoisotopic (exact) mass is 294 g/mol. The lowest BCUT2D eigenvalue weighted by Crippen LogP contribution is -2.47. The van der Waals surface area contributed by atoms with Crippen LogP contribution in [0.4, 0.5) is 13.2 Å². The molecule has 1 saturated carbocycles. The first-order valence-electron chi connectivity index (χ1n) is 7.13. The fourth-order valence-corrected chi connectivity index (χ4v) is 2.49. The van der Waals surface area contributed by atoms with E-state index in [4.69, 9.17) is 0 Å². The molecule has 2 rings (SSSR count). The van der Waals surface area contributed by atoms with Crippen LogP contribution in [0.15, 0.2) is 0 Å². The van der Waals surface area contributed by atoms with Crippen LogP contribution in [-0.2, 0) is 9.53 Å². The Labute approximate surface area is 116 Å². The molecule has 4 nitrogen and oxygen atoms in total. The third kappa shape index (κ3) is 5.28. The van der Waals surface area contributed by atoms with Gasteiger partial charge in [0.2, 0.25) is 5.91 Å². The average Bonchev–Trinajstić information content (AvgIpc) is 3.19. The van der Waals surface area contributed by atoms with Crippen molar-refractivity contribution in [3.63, 3.8) is 0 Å². The fourth-order valence-electron chi connectivity index (χ4n) is 2.49. The lowest BCUT2D eigenvalue weighted by atomic mass is 10.0. The first-order valence-corrected chi connectivity index (χ1v) is 7.13. The highest BCUT2D eigenvalue weighted by Gasteiger charge is 2.35. The Morgan fingerprint density at radius 2 is 2.00 bits per heavy atom. The number of nitrogens with one attached hydrogen (secondary N) is 1. The van der Waals surface area contributed by atoms with Gasteiger partial charge in [-0.05, 0) is 32.2 Å². The molecule has 0 aromatic rings. The minimum Gasteiger partial charge on any atom is -0.362 e. The third-order valence-electron chi connectivity index (χ3n) is 3.63. The van der Waals surface area contributed by atoms with Crippen molar-refractivity contribution in [1.82, 2.24) is 10.2 Å². The summed E-state index contributed by atoms with van der Waals surface area (Å²) in [6.07, 6.45) is 0.794. The van der Waals surface area contributed by atoms with Gasteiger partial charge in [0.15, 0.2) is 0 Å². The highest BCUT2D eigenvalue weighted by atomic mass is 19.4. The normalized spacial score (nSPS) is 23.6. The van der Waals surface area contributed by atoms with Crippen molar-refractivity contribution in [1.29, 1.82) is 0 Å². The van der Waals surface area contributed by atoms with E-state index in [-0.39, 0.29) is 18.0 Å². The van der Waals surface area contributed by atoms with Gasteiger partial charge in [-0.25, -0.2) is 0 Å². The van der Waals surface area contributed by atoms with Gasteiger partial charge in [0, 0.05) is 18.6 Å². The number of carbonyl (C=O) groups excluding carboxylic acids is 1. The molecule has 0 aromatic carbocycles. The molecular formula is C13H21F3N2O2. The van der Waals surface area contributed by atoms with Crippen LogP contribution in [0.1, 0.15) is 32.1 Å². The zero-order chi connectivity index (χ0) is 14.6. The molecule has 7 heteroatoms. The summed E-state index contributed by atoms with van der Waals surface area (Å²) in [6.45, 7) is -0.317. The number of alkyl halides is 3. The fraction of sp³-hybridized carbons (Fsp3) is 0.923. The Balaban J connectivity index is 1.77. The van der Waals surface area contributed by atoms with E-state index in [1.54, 1.807) is 4.90 Å². The molecular weight excluding hydrogens is 273 g/mol. The van der Waals surface area contributed by atoms with E-state index in [1.165, 1.54) is 0 Å². The molecule has 2 fully saturated rings. The summed E-state index contributed by atoms with van der Waals surface area (Å²) in [6, 6.07) is 0.455. The summed E-state index contributed by atoms with van der Waals surface area (Å²) in [5.74, 6) is -0.330. The third-order valence-corrected chi connectivity index (χ3v) is 3.63. The largest absolute Gasteiger partial charge is 0.411 e. The molecule has 20 heavy (non-hydrogen) atoms. The Bertz CT molecular complexity index is 326. The smallest absolute Gasteiger partial charge is 0.362 e. The maximum atomic E-state index is 12.0. The second-order valence-corrected chi connectivity index (χ2v) is 5.53. The topological polar surface area (TPSA) is 41.6 Å². The summed E-state index contributed by atoms with van der Waals surface area (Å²) in [4.78, 5) is 13.7. The van der Waals surface area contributed by atoms with Gasteiger partial charge in [0.1, 0.15) is 13.2 Å². The van der Waals surface area contributed by atoms with Crippen LogP contribution >= 0.6 is 0 Å². The molecule has 1 N–H and O–H groups in total. The lowest BCUT2D eigenvalue weighted by molar-refractivity contribution is -0.178. The van der Waals surface area contributed by atoms with Gasteiger partial charge in [-0.1, -0.05) is 6.42 Å². The van der Waals surface area contributed by atoms with Crippen LogP contribution in [0, 0.1) is 0 Å². The van der Waals surface area contributed by atoms with Crippen molar-refractivity contribution in [2.45, 2.75) is 50.4 Å². The van der Waals surface area contributed by atoms with Gasteiger partial charge >= 0.3 is 6.18 Å². The molecule has 1 aliphatic heterocycles. The van der Waals surface area contributed by atoms with Crippen molar-refractivity contribution in [3.8, 4) is 0 Å². The van der Waals surface area contributed by atoms with Crippen molar-refractivity contribution in [2.75, 3.05) is 26.3 Å². The van der Waals surface area contributed by atoms with E-state index in [9.17, 15) is 18.0 Å². The molecule has 0 radical (unpaired) electrons. The molecule has 2 aliphatic rings. The van der Waals surface area contributed by atoms with Crippen LogP contribution in [0.3, 0.4) is 0 Å². The second kappa shape index (κ2) is 6.76. The standard InChI is InChI=1S/C13H21F3N2O2/c14-13(15,16)9-20-8-12(19)18(11-4-5-11)7-10-3-1-2-6-17-10/h10-11,17H,1-9H2. The summed E-state index contributed by atoms with van der Waals surface area (Å²) in [7, 11) is 0. The molecule has 0 spiro atoms. The maximum Gasteiger partial charge on any atom is 0.411 e. The molecule has 1 amide bonds. The molecule has 1 heterocycles. The quantitative estimate of drug-likeness (QED) is 0.810. The van der Waals surface area contributed by atoms with E-state index < -0.39 is 19.4 Å². The molecule has 0 bridgehead atoms. The minimum absolute atomic E-state index is 0.195. The van der Waals surface area contributed by atoms with Crippen LogP contribution in [0.25, 0.3) is 0 Å². The van der Waals surface area contributed by atoms with Crippen LogP contribution < -0.4 is 5.32 Å². The second-order valence-electron chi connectivity index (χ2n) is 5.53. The average molecular weight is 294 g/mol. The molecule has 1 aliphatic carbocycles. The minimum atomic E-state index is -4.38. The first-order chi connectivity index (χ1) is 9.46. The molecule has 116 valence electrons. The van der Waals surface area contributed by atoms with Gasteiger partial charge in [0.05, 0.1) is 0 Å². The Morgan fingerprint density at radius 1 is 1.25 bits per heavy atom. The summed E-state index contributed by atoms with van der Waals surface area (Å²) >= 11 is 0. The number of carbonyl (C=O) groups is 1. The predicted octanol–water partition coefficient (Wildman–Crippen LogP) is 1.70. The van der Waals surface area contributed by atoms with Crippen LogP contribution in [0.5, 0.6) is 0 Å². The maximum absolute atomic E-state index is 12.0. The highest BCUT2D eigenvalue weighted by Crippen LogP contribution is 2.28. The number of amides is 1. The number of halogens is 3. The lowest BCUT2D eigenvalue weighted by Gasteiger charge is -2.30. The van der Waals surface area contributed by atoms with Gasteiger partial charge in [-0.15, -0.1) is 0 Å². The predicted molar refractivity (Wildman–Crippen MR) is 67.3 cm³/mol. The summed E-state index contributed by atoms with van der Waals surface area (Å²) < 4.78 is 40.4. The number of hydrogen-bond donors (Lipinski definition) is 1. The van der Waals surface area contributed by atoms with Gasteiger partial charge in [0.25, 0.3) is 0 Å². The van der Waals surface area contributed by atoms with E-state index in [2.05, 4.69) is 10.1 Å². The Hall–Kier alpha value is -0.820. The Morgan fingerprint density at radius 3 is 2.55 bits per heavy atom. The van der Waals surface area contributed by atoms with Gasteiger partial charge in [-0.3, -0.25) is 4.79 Å².